The van der Waals surface area contributed by atoms with E-state index in [-0.39, 0.29) is 5.92 Å². The summed E-state index contributed by atoms with van der Waals surface area (Å²) in [6.07, 6.45) is 3.84. The van der Waals surface area contributed by atoms with E-state index in [1.807, 2.05) is 6.07 Å². The molecule has 3 rings (SSSR count). The molecule has 16 heavy (non-hydrogen) atoms. The van der Waals surface area contributed by atoms with Gasteiger partial charge in [-0.2, -0.15) is 0 Å². The third kappa shape index (κ3) is 1.69. The van der Waals surface area contributed by atoms with E-state index in [2.05, 4.69) is 35.2 Å². The van der Waals surface area contributed by atoms with Crippen molar-refractivity contribution in [3.05, 3.63) is 48.0 Å². The summed E-state index contributed by atoms with van der Waals surface area (Å²) in [5.74, 6) is 1.03. The number of carbonyl (C=O) groups excluding carboxylic acids is 1. The molecule has 1 fully saturated rings. The van der Waals surface area contributed by atoms with Crippen LogP contribution in [0.2, 0.25) is 0 Å². The van der Waals surface area contributed by atoms with Gasteiger partial charge in [0.2, 0.25) is 0 Å². The minimum Gasteiger partial charge on any atom is -0.298 e. The Hall–Kier alpha value is -1.41. The van der Waals surface area contributed by atoms with Gasteiger partial charge in [0, 0.05) is 31.5 Å². The zero-order valence-corrected chi connectivity index (χ0v) is 9.17. The number of allylic oxidation sites excluding steroid dienone is 1. The van der Waals surface area contributed by atoms with Gasteiger partial charge in [0.05, 0.1) is 0 Å². The highest BCUT2D eigenvalue weighted by Gasteiger charge is 2.38. The van der Waals surface area contributed by atoms with Gasteiger partial charge in [-0.15, -0.1) is 0 Å². The van der Waals surface area contributed by atoms with Crippen LogP contribution >= 0.6 is 0 Å². The van der Waals surface area contributed by atoms with Gasteiger partial charge in [0.1, 0.15) is 0 Å². The summed E-state index contributed by atoms with van der Waals surface area (Å²) in [5.41, 5.74) is 1.33. The lowest BCUT2D eigenvalue weighted by molar-refractivity contribution is -0.117. The summed E-state index contributed by atoms with van der Waals surface area (Å²) in [5, 5.41) is 0. The molecule has 82 valence electrons. The first-order valence-electron chi connectivity index (χ1n) is 5.81. The predicted molar refractivity (Wildman–Crippen MR) is 62.8 cm³/mol. The van der Waals surface area contributed by atoms with E-state index in [4.69, 9.17) is 0 Å². The van der Waals surface area contributed by atoms with Crippen LogP contribution in [0.15, 0.2) is 42.5 Å². The van der Waals surface area contributed by atoms with E-state index in [1.165, 1.54) is 5.56 Å². The molecule has 0 bridgehead atoms. The van der Waals surface area contributed by atoms with Crippen LogP contribution in [0.5, 0.6) is 0 Å². The average molecular weight is 213 g/mol. The second-order valence-corrected chi connectivity index (χ2v) is 4.71. The van der Waals surface area contributed by atoms with Crippen LogP contribution in [0.3, 0.4) is 0 Å². The Morgan fingerprint density at radius 1 is 1.19 bits per heavy atom. The average Bonchev–Trinajstić information content (AvgIpc) is 2.83. The third-order valence-electron chi connectivity index (χ3n) is 3.56. The Morgan fingerprint density at radius 2 is 2.00 bits per heavy atom. The van der Waals surface area contributed by atoms with Crippen molar-refractivity contribution in [2.75, 3.05) is 13.1 Å². The normalized spacial score (nSPS) is 28.6. The van der Waals surface area contributed by atoms with Gasteiger partial charge in [0.25, 0.3) is 0 Å². The first kappa shape index (κ1) is 9.79. The maximum atomic E-state index is 11.5. The summed E-state index contributed by atoms with van der Waals surface area (Å²) in [7, 11) is 0. The van der Waals surface area contributed by atoms with Gasteiger partial charge in [-0.05, 0) is 11.6 Å². The fourth-order valence-electron chi connectivity index (χ4n) is 2.72. The smallest absolute Gasteiger partial charge is 0.160 e. The Labute approximate surface area is 95.6 Å². The van der Waals surface area contributed by atoms with E-state index >= 15 is 0 Å². The summed E-state index contributed by atoms with van der Waals surface area (Å²) < 4.78 is 0. The molecule has 1 saturated heterocycles. The molecule has 1 aromatic rings. The molecule has 1 heterocycles. The molecular formula is C14H15NO. The molecule has 2 unspecified atom stereocenters. The lowest BCUT2D eigenvalue weighted by atomic mass is 10.00. The second-order valence-electron chi connectivity index (χ2n) is 4.71. The van der Waals surface area contributed by atoms with Crippen molar-refractivity contribution in [3.63, 3.8) is 0 Å². The number of rotatable bonds is 2. The van der Waals surface area contributed by atoms with Gasteiger partial charge in [-0.3, -0.25) is 9.69 Å². The number of likely N-dealkylation sites (tertiary alicyclic amines) is 1. The molecule has 0 saturated carbocycles. The number of nitrogens with zero attached hydrogens (tertiary/aromatic N) is 1. The predicted octanol–water partition coefficient (Wildman–Crippen LogP) is 1.87. The van der Waals surface area contributed by atoms with E-state index in [9.17, 15) is 4.79 Å². The molecule has 2 nitrogen and oxygen atoms in total. The van der Waals surface area contributed by atoms with Crippen molar-refractivity contribution >= 4 is 5.78 Å². The van der Waals surface area contributed by atoms with Crippen LogP contribution in [-0.2, 0) is 11.3 Å². The van der Waals surface area contributed by atoms with Gasteiger partial charge in [-0.25, -0.2) is 0 Å². The van der Waals surface area contributed by atoms with E-state index in [0.29, 0.717) is 11.7 Å². The Kier molecular flexibility index (Phi) is 2.37. The maximum Gasteiger partial charge on any atom is 0.160 e. The Balaban J connectivity index is 1.67. The standard InChI is InChI=1S/C14H15NO/c16-14-7-6-12-9-15(10-13(12)14)8-11-4-2-1-3-5-11/h1-7,12-13H,8-10H2. The lowest BCUT2D eigenvalue weighted by Gasteiger charge is -2.15. The number of ketones is 1. The molecule has 0 spiro atoms. The van der Waals surface area contributed by atoms with Gasteiger partial charge in [0.15, 0.2) is 5.78 Å². The van der Waals surface area contributed by atoms with Gasteiger partial charge >= 0.3 is 0 Å². The molecule has 0 N–H and O–H groups in total. The van der Waals surface area contributed by atoms with Crippen LogP contribution in [0, 0.1) is 11.8 Å². The fraction of sp³-hybridized carbons (Fsp3) is 0.357. The molecule has 1 aromatic carbocycles. The lowest BCUT2D eigenvalue weighted by Crippen LogP contribution is -2.22. The SMILES string of the molecule is O=C1C=CC2CN(Cc3ccccc3)CC12. The molecule has 2 aliphatic rings. The molecule has 2 atom stereocenters. The fourth-order valence-corrected chi connectivity index (χ4v) is 2.72. The molecule has 0 radical (unpaired) electrons. The molecule has 1 aliphatic heterocycles. The van der Waals surface area contributed by atoms with Crippen LogP contribution in [0.4, 0.5) is 0 Å². The molecule has 2 heteroatoms. The molecule has 0 aromatic heterocycles. The van der Waals surface area contributed by atoms with Crippen LogP contribution in [-0.4, -0.2) is 23.8 Å². The number of benzene rings is 1. The van der Waals surface area contributed by atoms with Crippen molar-refractivity contribution in [1.82, 2.24) is 4.90 Å². The van der Waals surface area contributed by atoms with Crippen molar-refractivity contribution in [2.45, 2.75) is 6.54 Å². The van der Waals surface area contributed by atoms with Gasteiger partial charge < -0.3 is 0 Å². The second kappa shape index (κ2) is 3.87. The topological polar surface area (TPSA) is 20.3 Å². The zero-order chi connectivity index (χ0) is 11.0. The van der Waals surface area contributed by atoms with Crippen molar-refractivity contribution in [2.24, 2.45) is 11.8 Å². The number of hydrogen-bond donors (Lipinski definition) is 0. The summed E-state index contributed by atoms with van der Waals surface area (Å²) >= 11 is 0. The van der Waals surface area contributed by atoms with Crippen LogP contribution in [0.25, 0.3) is 0 Å². The Bertz CT molecular complexity index is 424. The number of carbonyl (C=O) groups is 1. The first-order valence-corrected chi connectivity index (χ1v) is 5.81. The third-order valence-corrected chi connectivity index (χ3v) is 3.56. The van der Waals surface area contributed by atoms with E-state index in [1.54, 1.807) is 6.08 Å². The molecular weight excluding hydrogens is 198 g/mol. The minimum atomic E-state index is 0.240. The number of fused-ring (bicyclic) bond motifs is 1. The van der Waals surface area contributed by atoms with Gasteiger partial charge in [-0.1, -0.05) is 36.4 Å². The van der Waals surface area contributed by atoms with Crippen LogP contribution < -0.4 is 0 Å². The van der Waals surface area contributed by atoms with E-state index in [0.717, 1.165) is 19.6 Å². The summed E-state index contributed by atoms with van der Waals surface area (Å²) in [6, 6.07) is 10.5. The minimum absolute atomic E-state index is 0.240. The van der Waals surface area contributed by atoms with E-state index < -0.39 is 0 Å². The molecule has 1 aliphatic carbocycles. The monoisotopic (exact) mass is 213 g/mol. The maximum absolute atomic E-state index is 11.5. The quantitative estimate of drug-likeness (QED) is 0.747. The highest BCUT2D eigenvalue weighted by Crippen LogP contribution is 2.31. The van der Waals surface area contributed by atoms with Crippen molar-refractivity contribution < 1.29 is 4.79 Å². The van der Waals surface area contributed by atoms with Crippen LogP contribution in [0.1, 0.15) is 5.56 Å². The number of hydrogen-bond acceptors (Lipinski definition) is 2. The largest absolute Gasteiger partial charge is 0.298 e. The Morgan fingerprint density at radius 3 is 2.75 bits per heavy atom. The van der Waals surface area contributed by atoms with Crippen molar-refractivity contribution in [3.8, 4) is 0 Å². The highest BCUT2D eigenvalue weighted by molar-refractivity contribution is 5.95. The highest BCUT2D eigenvalue weighted by atomic mass is 16.1. The first-order chi connectivity index (χ1) is 7.83. The summed E-state index contributed by atoms with van der Waals surface area (Å²) in [6.45, 7) is 2.92. The zero-order valence-electron chi connectivity index (χ0n) is 9.17. The summed E-state index contributed by atoms with van der Waals surface area (Å²) in [4.78, 5) is 13.9. The molecule has 0 amide bonds. The van der Waals surface area contributed by atoms with Crippen molar-refractivity contribution in [1.29, 1.82) is 0 Å².